The van der Waals surface area contributed by atoms with Crippen LogP contribution in [0.25, 0.3) is 22.3 Å². The lowest BCUT2D eigenvalue weighted by Crippen LogP contribution is -2.29. The van der Waals surface area contributed by atoms with Gasteiger partial charge in [-0.25, -0.2) is 9.37 Å². The summed E-state index contributed by atoms with van der Waals surface area (Å²) >= 11 is 0. The van der Waals surface area contributed by atoms with Crippen molar-refractivity contribution in [1.82, 2.24) is 25.1 Å². The summed E-state index contributed by atoms with van der Waals surface area (Å²) in [4.78, 5) is 11.5. The summed E-state index contributed by atoms with van der Waals surface area (Å²) in [6.07, 6.45) is 1.03. The lowest BCUT2D eigenvalue weighted by Gasteiger charge is -2.20. The topological polar surface area (TPSA) is 84.9 Å². The van der Waals surface area contributed by atoms with Crippen LogP contribution in [0.3, 0.4) is 0 Å². The largest absolute Gasteiger partial charge is 0.383 e. The minimum atomic E-state index is -0.285. The smallest absolute Gasteiger partial charge is 0.228 e. The van der Waals surface area contributed by atoms with E-state index in [1.54, 1.807) is 23.9 Å². The van der Waals surface area contributed by atoms with Crippen LogP contribution >= 0.6 is 0 Å². The maximum Gasteiger partial charge on any atom is 0.228 e. The molecule has 0 atom stereocenters. The summed E-state index contributed by atoms with van der Waals surface area (Å²) in [5.74, 6) is 0.846. The van der Waals surface area contributed by atoms with Gasteiger partial charge in [0.15, 0.2) is 5.65 Å². The molecule has 3 heterocycles. The van der Waals surface area contributed by atoms with Crippen molar-refractivity contribution in [2.24, 2.45) is 7.05 Å². The first-order valence-electron chi connectivity index (χ1n) is 8.35. The van der Waals surface area contributed by atoms with Crippen LogP contribution in [0, 0.1) is 5.82 Å². The van der Waals surface area contributed by atoms with Crippen molar-refractivity contribution in [3.63, 3.8) is 0 Å². The van der Waals surface area contributed by atoms with Crippen LogP contribution in [0.5, 0.6) is 0 Å². The number of halogens is 1. The average Bonchev–Trinajstić information content (AvgIpc) is 2.81. The van der Waals surface area contributed by atoms with E-state index in [0.717, 1.165) is 38.2 Å². The molecule has 1 fully saturated rings. The van der Waals surface area contributed by atoms with Gasteiger partial charge in [0.1, 0.15) is 11.6 Å². The summed E-state index contributed by atoms with van der Waals surface area (Å²) < 4.78 is 14.9. The second-order valence-corrected chi connectivity index (χ2v) is 6.18. The number of anilines is 2. The van der Waals surface area contributed by atoms with Crippen molar-refractivity contribution in [2.75, 3.05) is 36.8 Å². The van der Waals surface area contributed by atoms with E-state index < -0.39 is 0 Å². The van der Waals surface area contributed by atoms with Crippen LogP contribution in [0.2, 0.25) is 0 Å². The number of hydrogen-bond acceptors (Lipinski definition) is 6. The van der Waals surface area contributed by atoms with Crippen molar-refractivity contribution in [3.05, 3.63) is 30.1 Å². The predicted molar refractivity (Wildman–Crippen MR) is 95.8 cm³/mol. The highest BCUT2D eigenvalue weighted by atomic mass is 19.1. The maximum atomic E-state index is 13.3. The third-order valence-electron chi connectivity index (χ3n) is 4.47. The minimum absolute atomic E-state index is 0.285. The number of nitrogen functional groups attached to an aromatic ring is 1. The number of hydrogen-bond donors (Lipinski definition) is 2. The first-order valence-corrected chi connectivity index (χ1v) is 8.35. The van der Waals surface area contributed by atoms with Gasteiger partial charge in [0.05, 0.1) is 11.1 Å². The van der Waals surface area contributed by atoms with E-state index in [-0.39, 0.29) is 5.82 Å². The number of nitrogens with one attached hydrogen (secondary N) is 1. The Bertz CT molecular complexity index is 895. The molecule has 0 radical (unpaired) electrons. The number of benzene rings is 1. The van der Waals surface area contributed by atoms with Gasteiger partial charge >= 0.3 is 0 Å². The second-order valence-electron chi connectivity index (χ2n) is 6.18. The summed E-state index contributed by atoms with van der Waals surface area (Å²) in [5, 5.41) is 8.49. The van der Waals surface area contributed by atoms with Gasteiger partial charge in [-0.15, -0.1) is 0 Å². The Morgan fingerprint density at radius 2 is 1.92 bits per heavy atom. The van der Waals surface area contributed by atoms with Gasteiger partial charge in [-0.3, -0.25) is 4.68 Å². The Kier molecular flexibility index (Phi) is 3.96. The van der Waals surface area contributed by atoms with Crippen LogP contribution < -0.4 is 16.0 Å². The highest BCUT2D eigenvalue weighted by Crippen LogP contribution is 2.31. The first kappa shape index (κ1) is 15.8. The fraction of sp³-hybridized carbons (Fsp3) is 0.353. The Morgan fingerprint density at radius 1 is 1.12 bits per heavy atom. The van der Waals surface area contributed by atoms with Gasteiger partial charge in [0.25, 0.3) is 0 Å². The quantitative estimate of drug-likeness (QED) is 0.736. The lowest BCUT2D eigenvalue weighted by atomic mass is 10.1. The normalized spacial score (nSPS) is 15.5. The molecule has 0 unspecified atom stereocenters. The maximum absolute atomic E-state index is 13.3. The zero-order chi connectivity index (χ0) is 17.4. The van der Waals surface area contributed by atoms with E-state index in [0.29, 0.717) is 28.5 Å². The van der Waals surface area contributed by atoms with Crippen molar-refractivity contribution < 1.29 is 4.39 Å². The zero-order valence-corrected chi connectivity index (χ0v) is 14.0. The SMILES string of the molecule is Cn1nc2nc(N3CCCNCC3)nc(-c3ccc(F)cc3)c2c1N. The molecule has 1 aliphatic heterocycles. The van der Waals surface area contributed by atoms with E-state index in [2.05, 4.69) is 20.3 Å². The zero-order valence-electron chi connectivity index (χ0n) is 14.0. The molecule has 3 N–H and O–H groups in total. The average molecular weight is 341 g/mol. The standard InChI is InChI=1S/C17H20FN7/c1-24-15(19)13-14(11-3-5-12(18)6-4-11)21-17(22-16(13)23-24)25-9-2-7-20-8-10-25/h3-6,20H,2,7-10,19H2,1H3. The van der Waals surface area contributed by atoms with Crippen LogP contribution in [0.4, 0.5) is 16.2 Å². The molecule has 2 aromatic heterocycles. The van der Waals surface area contributed by atoms with E-state index in [1.807, 2.05) is 0 Å². The van der Waals surface area contributed by atoms with Gasteiger partial charge in [-0.2, -0.15) is 10.1 Å². The molecule has 0 amide bonds. The Labute approximate surface area is 144 Å². The first-order chi connectivity index (χ1) is 12.1. The van der Waals surface area contributed by atoms with Crippen LogP contribution in [0.15, 0.2) is 24.3 Å². The minimum Gasteiger partial charge on any atom is -0.383 e. The molecular formula is C17H20FN7. The van der Waals surface area contributed by atoms with Gasteiger partial charge < -0.3 is 16.0 Å². The Morgan fingerprint density at radius 3 is 2.72 bits per heavy atom. The second kappa shape index (κ2) is 6.29. The number of aryl methyl sites for hydroxylation is 1. The lowest BCUT2D eigenvalue weighted by molar-refractivity contribution is 0.628. The molecule has 1 aliphatic rings. The summed E-state index contributed by atoms with van der Waals surface area (Å²) in [6, 6.07) is 6.26. The third-order valence-corrected chi connectivity index (χ3v) is 4.47. The van der Waals surface area contributed by atoms with Gasteiger partial charge in [0.2, 0.25) is 5.95 Å². The molecule has 0 aliphatic carbocycles. The van der Waals surface area contributed by atoms with Gasteiger partial charge in [-0.1, -0.05) is 0 Å². The van der Waals surface area contributed by atoms with Crippen LogP contribution in [0.1, 0.15) is 6.42 Å². The fourth-order valence-electron chi connectivity index (χ4n) is 3.11. The van der Waals surface area contributed by atoms with Gasteiger partial charge in [-0.05, 0) is 37.2 Å². The van der Waals surface area contributed by atoms with Crippen molar-refractivity contribution in [2.45, 2.75) is 6.42 Å². The number of nitrogens with zero attached hydrogens (tertiary/aromatic N) is 5. The number of aromatic nitrogens is 4. The monoisotopic (exact) mass is 341 g/mol. The molecule has 1 aromatic carbocycles. The molecule has 4 rings (SSSR count). The van der Waals surface area contributed by atoms with E-state index >= 15 is 0 Å². The number of nitrogens with two attached hydrogens (primary N) is 1. The molecule has 7 nitrogen and oxygen atoms in total. The molecule has 0 spiro atoms. The third kappa shape index (κ3) is 2.89. The molecule has 130 valence electrons. The molecule has 1 saturated heterocycles. The predicted octanol–water partition coefficient (Wildman–Crippen LogP) is 1.55. The fourth-order valence-corrected chi connectivity index (χ4v) is 3.11. The molecule has 0 saturated carbocycles. The van der Waals surface area contributed by atoms with Crippen LogP contribution in [-0.2, 0) is 7.05 Å². The summed E-state index contributed by atoms with van der Waals surface area (Å²) in [7, 11) is 1.78. The molecule has 3 aromatic rings. The molecule has 8 heteroatoms. The van der Waals surface area contributed by atoms with E-state index in [4.69, 9.17) is 10.7 Å². The van der Waals surface area contributed by atoms with Crippen molar-refractivity contribution >= 4 is 22.8 Å². The van der Waals surface area contributed by atoms with Gasteiger partial charge in [0, 0.05) is 32.2 Å². The Balaban J connectivity index is 1.90. The molecule has 0 bridgehead atoms. The summed E-state index contributed by atoms with van der Waals surface area (Å²) in [6.45, 7) is 3.58. The van der Waals surface area contributed by atoms with E-state index in [1.165, 1.54) is 12.1 Å². The highest BCUT2D eigenvalue weighted by molar-refractivity contribution is 5.98. The number of fused-ring (bicyclic) bond motifs is 1. The van der Waals surface area contributed by atoms with E-state index in [9.17, 15) is 4.39 Å². The Hall–Kier alpha value is -2.74. The highest BCUT2D eigenvalue weighted by Gasteiger charge is 2.20. The van der Waals surface area contributed by atoms with Crippen LogP contribution in [-0.4, -0.2) is 45.9 Å². The molecular weight excluding hydrogens is 321 g/mol. The summed E-state index contributed by atoms with van der Waals surface area (Å²) in [5.41, 5.74) is 8.22. The van der Waals surface area contributed by atoms with Crippen molar-refractivity contribution in [1.29, 1.82) is 0 Å². The van der Waals surface area contributed by atoms with Crippen molar-refractivity contribution in [3.8, 4) is 11.3 Å². The number of rotatable bonds is 2. The molecule has 25 heavy (non-hydrogen) atoms.